The first kappa shape index (κ1) is 21.7. The van der Waals surface area contributed by atoms with Gasteiger partial charge in [-0.1, -0.05) is 25.1 Å². The third-order valence-corrected chi connectivity index (χ3v) is 5.17. The Balaban J connectivity index is 1.77. The number of para-hydroxylation sites is 1. The summed E-state index contributed by atoms with van der Waals surface area (Å²) in [6, 6.07) is 5.66. The van der Waals surface area contributed by atoms with Crippen LogP contribution in [0.15, 0.2) is 18.2 Å². The minimum Gasteiger partial charge on any atom is -0.480 e. The second-order valence-electron chi connectivity index (χ2n) is 7.40. The lowest BCUT2D eigenvalue weighted by molar-refractivity contribution is -0.139. The van der Waals surface area contributed by atoms with Gasteiger partial charge < -0.3 is 20.6 Å². The quantitative estimate of drug-likeness (QED) is 0.628. The summed E-state index contributed by atoms with van der Waals surface area (Å²) >= 11 is 0. The maximum atomic E-state index is 12.3. The van der Waals surface area contributed by atoms with E-state index in [1.165, 1.54) is 4.90 Å². The molecule has 154 valence electrons. The van der Waals surface area contributed by atoms with Crippen molar-refractivity contribution in [3.8, 4) is 0 Å². The monoisotopic (exact) mass is 390 g/mol. The molecule has 0 aromatic heterocycles. The van der Waals surface area contributed by atoms with E-state index in [0.717, 1.165) is 29.7 Å². The zero-order valence-corrected chi connectivity index (χ0v) is 17.0. The lowest BCUT2D eigenvalue weighted by Crippen LogP contribution is -2.56. The highest BCUT2D eigenvalue weighted by Gasteiger charge is 2.35. The molecule has 0 aliphatic heterocycles. The third kappa shape index (κ3) is 5.69. The van der Waals surface area contributed by atoms with Crippen molar-refractivity contribution >= 4 is 23.6 Å². The first-order chi connectivity index (χ1) is 13.2. The average Bonchev–Trinajstić information content (AvgIpc) is 2.58. The molecule has 1 aliphatic rings. The molecule has 0 bridgehead atoms. The first-order valence-electron chi connectivity index (χ1n) is 9.54. The van der Waals surface area contributed by atoms with Crippen molar-refractivity contribution in [3.05, 3.63) is 29.3 Å². The van der Waals surface area contributed by atoms with Crippen LogP contribution in [0.25, 0.3) is 0 Å². The lowest BCUT2D eigenvalue weighted by atomic mass is 9.85. The molecule has 0 saturated heterocycles. The van der Waals surface area contributed by atoms with Gasteiger partial charge in [-0.25, -0.2) is 4.79 Å². The summed E-state index contributed by atoms with van der Waals surface area (Å²) in [5, 5.41) is 14.7. The van der Waals surface area contributed by atoms with Gasteiger partial charge >= 0.3 is 12.0 Å². The summed E-state index contributed by atoms with van der Waals surface area (Å²) in [5.41, 5.74) is 2.73. The second kappa shape index (κ2) is 9.54. The number of anilines is 1. The normalized spacial score (nSPS) is 18.3. The number of carbonyl (C=O) groups is 3. The average molecular weight is 390 g/mol. The molecular weight excluding hydrogens is 360 g/mol. The molecule has 8 heteroatoms. The number of carbonyl (C=O) groups excluding carboxylic acids is 2. The molecule has 0 spiro atoms. The number of hydrogen-bond acceptors (Lipinski definition) is 4. The summed E-state index contributed by atoms with van der Waals surface area (Å²) in [7, 11) is 1.58. The first-order valence-corrected chi connectivity index (χ1v) is 9.54. The van der Waals surface area contributed by atoms with Crippen LogP contribution in [0.1, 0.15) is 30.9 Å². The lowest BCUT2D eigenvalue weighted by Gasteiger charge is -2.42. The third-order valence-electron chi connectivity index (χ3n) is 5.17. The Morgan fingerprint density at radius 3 is 2.29 bits per heavy atom. The standard InChI is InChI=1S/C20H30N4O4/c1-5-24(12-18(26)27)16-9-15(10-16)21-20(28)23(4)11-17(25)22-19-13(2)7-6-8-14(19)3/h6-8,15-16H,5,9-12H2,1-4H3,(H,21,28)(H,22,25)(H,26,27). The molecular formula is C20H30N4O4. The van der Waals surface area contributed by atoms with Gasteiger partial charge in [0.05, 0.1) is 6.54 Å². The number of urea groups is 1. The number of rotatable bonds is 8. The molecule has 3 N–H and O–H groups in total. The number of aliphatic carboxylic acids is 1. The van der Waals surface area contributed by atoms with Gasteiger partial charge in [0.1, 0.15) is 6.54 Å². The molecule has 0 unspecified atom stereocenters. The molecule has 8 nitrogen and oxygen atoms in total. The Hall–Kier alpha value is -2.61. The molecule has 0 atom stereocenters. The molecule has 3 amide bonds. The number of nitrogens with one attached hydrogen (secondary N) is 2. The van der Waals surface area contributed by atoms with Crippen molar-refractivity contribution in [1.82, 2.24) is 15.1 Å². The van der Waals surface area contributed by atoms with Gasteiger partial charge in [0.25, 0.3) is 0 Å². The van der Waals surface area contributed by atoms with E-state index in [9.17, 15) is 14.4 Å². The van der Waals surface area contributed by atoms with Gasteiger partial charge in [-0.2, -0.15) is 0 Å². The van der Waals surface area contributed by atoms with E-state index in [1.54, 1.807) is 7.05 Å². The Labute approximate surface area is 165 Å². The molecule has 0 radical (unpaired) electrons. The van der Waals surface area contributed by atoms with Crippen LogP contribution in [0.3, 0.4) is 0 Å². The smallest absolute Gasteiger partial charge is 0.317 e. The highest BCUT2D eigenvalue weighted by Crippen LogP contribution is 2.25. The van der Waals surface area contributed by atoms with Crippen LogP contribution < -0.4 is 10.6 Å². The Bertz CT molecular complexity index is 711. The number of carboxylic acids is 1. The summed E-state index contributed by atoms with van der Waals surface area (Å²) in [4.78, 5) is 38.7. The van der Waals surface area contributed by atoms with E-state index >= 15 is 0 Å². The Morgan fingerprint density at radius 1 is 1.14 bits per heavy atom. The topological polar surface area (TPSA) is 102 Å². The van der Waals surface area contributed by atoms with E-state index in [0.29, 0.717) is 6.54 Å². The second-order valence-corrected chi connectivity index (χ2v) is 7.40. The molecule has 1 aliphatic carbocycles. The van der Waals surface area contributed by atoms with Gasteiger partial charge in [0.2, 0.25) is 5.91 Å². The van der Waals surface area contributed by atoms with E-state index in [1.807, 2.05) is 43.9 Å². The highest BCUT2D eigenvalue weighted by atomic mass is 16.4. The number of likely N-dealkylation sites (N-methyl/N-ethyl adjacent to an activating group) is 2. The van der Waals surface area contributed by atoms with Gasteiger partial charge in [-0.05, 0) is 44.4 Å². The predicted molar refractivity (Wildman–Crippen MR) is 107 cm³/mol. The molecule has 1 aromatic carbocycles. The minimum atomic E-state index is -0.844. The molecule has 0 heterocycles. The fraction of sp³-hybridized carbons (Fsp3) is 0.550. The predicted octanol–water partition coefficient (Wildman–Crippen LogP) is 1.82. The fourth-order valence-corrected chi connectivity index (χ4v) is 3.44. The van der Waals surface area contributed by atoms with E-state index in [4.69, 9.17) is 5.11 Å². The highest BCUT2D eigenvalue weighted by molar-refractivity contribution is 5.95. The van der Waals surface area contributed by atoms with E-state index in [-0.39, 0.29) is 37.1 Å². The number of carboxylic acid groups (broad SMARTS) is 1. The van der Waals surface area contributed by atoms with Crippen LogP contribution in [0.4, 0.5) is 10.5 Å². The Kier molecular flexibility index (Phi) is 7.39. The number of nitrogens with zero attached hydrogens (tertiary/aromatic N) is 2. The molecule has 28 heavy (non-hydrogen) atoms. The largest absolute Gasteiger partial charge is 0.480 e. The molecule has 1 saturated carbocycles. The Morgan fingerprint density at radius 2 is 1.75 bits per heavy atom. The van der Waals surface area contributed by atoms with Crippen molar-refractivity contribution in [2.24, 2.45) is 0 Å². The van der Waals surface area contributed by atoms with Crippen LogP contribution >= 0.6 is 0 Å². The van der Waals surface area contributed by atoms with Crippen molar-refractivity contribution in [2.75, 3.05) is 32.0 Å². The van der Waals surface area contributed by atoms with E-state index in [2.05, 4.69) is 10.6 Å². The van der Waals surface area contributed by atoms with E-state index < -0.39 is 5.97 Å². The van der Waals surface area contributed by atoms with Gasteiger partial charge in [-0.15, -0.1) is 0 Å². The van der Waals surface area contributed by atoms with Gasteiger partial charge in [-0.3, -0.25) is 14.5 Å². The summed E-state index contributed by atoms with van der Waals surface area (Å²) in [5.74, 6) is -1.09. The van der Waals surface area contributed by atoms with Crippen LogP contribution in [-0.4, -0.2) is 71.6 Å². The zero-order chi connectivity index (χ0) is 20.8. The van der Waals surface area contributed by atoms with Gasteiger partial charge in [0.15, 0.2) is 0 Å². The number of amides is 3. The van der Waals surface area contributed by atoms with Crippen molar-refractivity contribution in [1.29, 1.82) is 0 Å². The van der Waals surface area contributed by atoms with Gasteiger partial charge in [0, 0.05) is 24.8 Å². The SMILES string of the molecule is CCN(CC(=O)O)C1CC(NC(=O)N(C)CC(=O)Nc2c(C)cccc2C)C1. The van der Waals surface area contributed by atoms with Crippen LogP contribution in [0.5, 0.6) is 0 Å². The summed E-state index contributed by atoms with van der Waals surface area (Å²) in [6.07, 6.45) is 1.44. The number of aryl methyl sites for hydroxylation is 2. The van der Waals surface area contributed by atoms with Crippen molar-refractivity contribution in [3.63, 3.8) is 0 Å². The van der Waals surface area contributed by atoms with Crippen molar-refractivity contribution < 1.29 is 19.5 Å². The minimum absolute atomic E-state index is 0.00414. The number of benzene rings is 1. The maximum Gasteiger partial charge on any atom is 0.317 e. The van der Waals surface area contributed by atoms with Crippen molar-refractivity contribution in [2.45, 2.75) is 45.7 Å². The summed E-state index contributed by atoms with van der Waals surface area (Å²) < 4.78 is 0. The maximum absolute atomic E-state index is 12.3. The van der Waals surface area contributed by atoms with Crippen LogP contribution in [0.2, 0.25) is 0 Å². The van der Waals surface area contributed by atoms with Crippen LogP contribution in [0, 0.1) is 13.8 Å². The molecule has 2 rings (SSSR count). The fourth-order valence-electron chi connectivity index (χ4n) is 3.44. The zero-order valence-electron chi connectivity index (χ0n) is 17.0. The molecule has 1 fully saturated rings. The van der Waals surface area contributed by atoms with Crippen LogP contribution in [-0.2, 0) is 9.59 Å². The number of hydrogen-bond donors (Lipinski definition) is 3. The molecule has 1 aromatic rings. The summed E-state index contributed by atoms with van der Waals surface area (Å²) in [6.45, 7) is 6.41.